The van der Waals surface area contributed by atoms with Crippen molar-refractivity contribution in [2.75, 3.05) is 6.54 Å². The van der Waals surface area contributed by atoms with Gasteiger partial charge in [0.05, 0.1) is 6.54 Å². The first-order valence-electron chi connectivity index (χ1n) is 6.80. The third-order valence-corrected chi connectivity index (χ3v) is 3.37. The Labute approximate surface area is 117 Å². The largest absolute Gasteiger partial charge is 0.488 e. The molecule has 0 saturated carbocycles. The van der Waals surface area contributed by atoms with Gasteiger partial charge in [-0.3, -0.25) is 9.48 Å². The molecular formula is C15H17N3O2. The van der Waals surface area contributed by atoms with E-state index in [0.717, 1.165) is 12.2 Å². The van der Waals surface area contributed by atoms with Crippen LogP contribution in [0.25, 0.3) is 0 Å². The van der Waals surface area contributed by atoms with Crippen molar-refractivity contribution < 1.29 is 9.53 Å². The van der Waals surface area contributed by atoms with Crippen molar-refractivity contribution in [2.24, 2.45) is 0 Å². The van der Waals surface area contributed by atoms with Crippen LogP contribution in [0.15, 0.2) is 42.7 Å². The number of amides is 1. The van der Waals surface area contributed by atoms with Gasteiger partial charge >= 0.3 is 0 Å². The number of benzene rings is 1. The van der Waals surface area contributed by atoms with Crippen molar-refractivity contribution in [1.82, 2.24) is 15.1 Å². The van der Waals surface area contributed by atoms with Gasteiger partial charge in [-0.15, -0.1) is 0 Å². The molecule has 0 bridgehead atoms. The predicted molar refractivity (Wildman–Crippen MR) is 74.4 cm³/mol. The Bertz CT molecular complexity index is 556. The molecule has 0 aliphatic carbocycles. The van der Waals surface area contributed by atoms with Crippen LogP contribution in [0.1, 0.15) is 12.0 Å². The van der Waals surface area contributed by atoms with E-state index in [-0.39, 0.29) is 12.0 Å². The Hall–Kier alpha value is -2.30. The molecule has 0 spiro atoms. The van der Waals surface area contributed by atoms with E-state index in [1.54, 1.807) is 10.9 Å². The molecular weight excluding hydrogens is 254 g/mol. The Morgan fingerprint density at radius 3 is 3.10 bits per heavy atom. The minimum Gasteiger partial charge on any atom is -0.488 e. The molecule has 2 aromatic rings. The zero-order chi connectivity index (χ0) is 13.8. The van der Waals surface area contributed by atoms with Gasteiger partial charge in [0.25, 0.3) is 0 Å². The maximum atomic E-state index is 11.8. The summed E-state index contributed by atoms with van der Waals surface area (Å²) in [6.45, 7) is 1.15. The highest BCUT2D eigenvalue weighted by Crippen LogP contribution is 2.27. The van der Waals surface area contributed by atoms with Gasteiger partial charge in [0.1, 0.15) is 11.9 Å². The highest BCUT2D eigenvalue weighted by molar-refractivity contribution is 5.75. The second-order valence-electron chi connectivity index (χ2n) is 4.87. The third kappa shape index (κ3) is 2.99. The van der Waals surface area contributed by atoms with Crippen LogP contribution in [0.4, 0.5) is 0 Å². The Morgan fingerprint density at radius 1 is 1.40 bits per heavy atom. The van der Waals surface area contributed by atoms with Crippen molar-refractivity contribution in [3.63, 3.8) is 0 Å². The molecule has 0 fully saturated rings. The van der Waals surface area contributed by atoms with Gasteiger partial charge in [-0.2, -0.15) is 5.10 Å². The van der Waals surface area contributed by atoms with E-state index < -0.39 is 0 Å². The molecule has 5 nitrogen and oxygen atoms in total. The van der Waals surface area contributed by atoms with Crippen LogP contribution in [0.3, 0.4) is 0 Å². The molecule has 5 heteroatoms. The first-order valence-corrected chi connectivity index (χ1v) is 6.80. The van der Waals surface area contributed by atoms with E-state index in [1.807, 2.05) is 30.5 Å². The molecule has 1 aliphatic heterocycles. The third-order valence-electron chi connectivity index (χ3n) is 3.37. The molecule has 0 radical (unpaired) electrons. The van der Waals surface area contributed by atoms with Crippen LogP contribution in [-0.4, -0.2) is 28.3 Å². The normalized spacial score (nSPS) is 16.5. The van der Waals surface area contributed by atoms with E-state index >= 15 is 0 Å². The van der Waals surface area contributed by atoms with Crippen LogP contribution in [-0.2, 0) is 17.8 Å². The number of hydrogen-bond donors (Lipinski definition) is 1. The number of hydrogen-bond acceptors (Lipinski definition) is 3. The number of carbonyl (C=O) groups is 1. The molecule has 1 atom stereocenters. The van der Waals surface area contributed by atoms with Crippen molar-refractivity contribution in [2.45, 2.75) is 25.5 Å². The van der Waals surface area contributed by atoms with Gasteiger partial charge in [0.15, 0.2) is 0 Å². The highest BCUT2D eigenvalue weighted by Gasteiger charge is 2.22. The fraction of sp³-hybridized carbons (Fsp3) is 0.333. The summed E-state index contributed by atoms with van der Waals surface area (Å²) in [7, 11) is 0. The van der Waals surface area contributed by atoms with Gasteiger partial charge in [-0.1, -0.05) is 18.2 Å². The lowest BCUT2D eigenvalue weighted by atomic mass is 10.1. The topological polar surface area (TPSA) is 56.2 Å². The summed E-state index contributed by atoms with van der Waals surface area (Å²) in [6, 6.07) is 9.85. The summed E-state index contributed by atoms with van der Waals surface area (Å²) in [5.41, 5.74) is 1.21. The van der Waals surface area contributed by atoms with E-state index in [9.17, 15) is 4.79 Å². The molecule has 1 aromatic heterocycles. The number of aryl methyl sites for hydroxylation is 1. The predicted octanol–water partition coefficient (Wildman–Crippen LogP) is 1.39. The minimum absolute atomic E-state index is 0.0278. The van der Waals surface area contributed by atoms with Crippen LogP contribution >= 0.6 is 0 Å². The quantitative estimate of drug-likeness (QED) is 0.894. The number of nitrogens with zero attached hydrogens (tertiary/aromatic N) is 2. The SMILES string of the molecule is O=C(CCn1cccn1)NCC1Cc2ccccc2O1. The highest BCUT2D eigenvalue weighted by atomic mass is 16.5. The van der Waals surface area contributed by atoms with Crippen molar-refractivity contribution in [1.29, 1.82) is 0 Å². The van der Waals surface area contributed by atoms with Crippen LogP contribution < -0.4 is 10.1 Å². The number of fused-ring (bicyclic) bond motifs is 1. The maximum Gasteiger partial charge on any atom is 0.221 e. The van der Waals surface area contributed by atoms with E-state index in [2.05, 4.69) is 16.5 Å². The van der Waals surface area contributed by atoms with Crippen LogP contribution in [0.5, 0.6) is 5.75 Å². The summed E-state index contributed by atoms with van der Waals surface area (Å²) >= 11 is 0. The fourth-order valence-electron chi connectivity index (χ4n) is 2.33. The Morgan fingerprint density at radius 2 is 2.30 bits per heavy atom. The van der Waals surface area contributed by atoms with Gasteiger partial charge in [-0.05, 0) is 17.7 Å². The fourth-order valence-corrected chi connectivity index (χ4v) is 2.33. The summed E-state index contributed by atoms with van der Waals surface area (Å²) in [4.78, 5) is 11.8. The first kappa shape index (κ1) is 12.7. The van der Waals surface area contributed by atoms with E-state index in [4.69, 9.17) is 4.74 Å². The summed E-state index contributed by atoms with van der Waals surface area (Å²) < 4.78 is 7.53. The molecule has 3 rings (SSSR count). The lowest BCUT2D eigenvalue weighted by Crippen LogP contribution is -2.34. The molecule has 1 N–H and O–H groups in total. The number of ether oxygens (including phenoxy) is 1. The number of rotatable bonds is 5. The number of para-hydroxylation sites is 1. The second-order valence-corrected chi connectivity index (χ2v) is 4.87. The lowest BCUT2D eigenvalue weighted by Gasteiger charge is -2.11. The minimum atomic E-state index is 0.0278. The molecule has 1 aromatic carbocycles. The molecule has 1 amide bonds. The van der Waals surface area contributed by atoms with Crippen LogP contribution in [0.2, 0.25) is 0 Å². The first-order chi connectivity index (χ1) is 9.81. The molecule has 0 saturated heterocycles. The Kier molecular flexibility index (Phi) is 3.67. The van der Waals surface area contributed by atoms with Gasteiger partial charge in [0, 0.05) is 31.8 Å². The number of carbonyl (C=O) groups excluding carboxylic acids is 1. The maximum absolute atomic E-state index is 11.8. The molecule has 1 unspecified atom stereocenters. The molecule has 104 valence electrons. The van der Waals surface area contributed by atoms with Gasteiger partial charge in [0.2, 0.25) is 5.91 Å². The van der Waals surface area contributed by atoms with Crippen LogP contribution in [0, 0.1) is 0 Å². The second kappa shape index (κ2) is 5.77. The van der Waals surface area contributed by atoms with E-state index in [0.29, 0.717) is 19.5 Å². The van der Waals surface area contributed by atoms with E-state index in [1.165, 1.54) is 5.56 Å². The summed E-state index contributed by atoms with van der Waals surface area (Å²) in [5.74, 6) is 0.961. The number of nitrogens with one attached hydrogen (secondary N) is 1. The lowest BCUT2D eigenvalue weighted by molar-refractivity contribution is -0.121. The van der Waals surface area contributed by atoms with Crippen molar-refractivity contribution in [3.05, 3.63) is 48.3 Å². The standard InChI is InChI=1S/C15H17N3O2/c19-15(6-9-18-8-3-7-17-18)16-11-13-10-12-4-1-2-5-14(12)20-13/h1-5,7-8,13H,6,9-11H2,(H,16,19). The summed E-state index contributed by atoms with van der Waals surface area (Å²) in [5, 5.41) is 6.98. The van der Waals surface area contributed by atoms with Gasteiger partial charge in [-0.25, -0.2) is 0 Å². The van der Waals surface area contributed by atoms with Crippen molar-refractivity contribution in [3.8, 4) is 5.75 Å². The number of aromatic nitrogens is 2. The van der Waals surface area contributed by atoms with Crippen molar-refractivity contribution >= 4 is 5.91 Å². The molecule has 20 heavy (non-hydrogen) atoms. The van der Waals surface area contributed by atoms with Gasteiger partial charge < -0.3 is 10.1 Å². The smallest absolute Gasteiger partial charge is 0.221 e. The zero-order valence-electron chi connectivity index (χ0n) is 11.2. The average Bonchev–Trinajstić information content (AvgIpc) is 3.11. The molecule has 1 aliphatic rings. The summed E-state index contributed by atoms with van der Waals surface area (Å²) in [6.07, 6.45) is 4.89. The zero-order valence-corrected chi connectivity index (χ0v) is 11.2. The molecule has 2 heterocycles. The average molecular weight is 271 g/mol. The Balaban J connectivity index is 1.41. The monoisotopic (exact) mass is 271 g/mol.